The van der Waals surface area contributed by atoms with Gasteiger partial charge in [-0.15, -0.1) is 0 Å². The summed E-state index contributed by atoms with van der Waals surface area (Å²) in [6.45, 7) is 8.44. The molecular formula is C17H27N3O. The van der Waals surface area contributed by atoms with Crippen molar-refractivity contribution in [2.45, 2.75) is 58.5 Å². The zero-order chi connectivity index (χ0) is 15.0. The normalized spacial score (nSPS) is 27.8. The second-order valence-corrected chi connectivity index (χ2v) is 7.14. The molecule has 1 saturated heterocycles. The Morgan fingerprint density at radius 3 is 2.43 bits per heavy atom. The van der Waals surface area contributed by atoms with Crippen LogP contribution in [0.25, 0.3) is 0 Å². The highest BCUT2D eigenvalue weighted by molar-refractivity contribution is 5.83. The first-order chi connectivity index (χ1) is 10.0. The molecule has 0 spiro atoms. The third-order valence-electron chi connectivity index (χ3n) is 5.20. The number of aromatic nitrogens is 2. The van der Waals surface area contributed by atoms with Crippen LogP contribution in [0.2, 0.25) is 0 Å². The molecule has 0 aromatic carbocycles. The standard InChI is InChI=1S/C17H27N3O/c1-12(2)17(21)14-8-16(9-14)19-6-4-15(5-7-19)20-11-13(3)10-18-20/h10-12,14-16H,4-9H2,1-3H3/t14-,16-. The third kappa shape index (κ3) is 3.05. The van der Waals surface area contributed by atoms with E-state index in [0.717, 1.165) is 25.9 Å². The minimum atomic E-state index is 0.199. The number of hydrogen-bond donors (Lipinski definition) is 0. The Morgan fingerprint density at radius 1 is 1.24 bits per heavy atom. The van der Waals surface area contributed by atoms with E-state index < -0.39 is 0 Å². The van der Waals surface area contributed by atoms with Crippen LogP contribution in [0.1, 0.15) is 51.1 Å². The van der Waals surface area contributed by atoms with Crippen LogP contribution in [0.4, 0.5) is 0 Å². The second kappa shape index (κ2) is 5.91. The fraction of sp³-hybridized carbons (Fsp3) is 0.765. The zero-order valence-electron chi connectivity index (χ0n) is 13.5. The Hall–Kier alpha value is -1.16. The monoisotopic (exact) mass is 289 g/mol. The fourth-order valence-electron chi connectivity index (χ4n) is 3.74. The van der Waals surface area contributed by atoms with Gasteiger partial charge in [0.15, 0.2) is 0 Å². The molecule has 4 nitrogen and oxygen atoms in total. The van der Waals surface area contributed by atoms with E-state index in [2.05, 4.69) is 27.8 Å². The van der Waals surface area contributed by atoms with Crippen molar-refractivity contribution in [2.75, 3.05) is 13.1 Å². The van der Waals surface area contributed by atoms with Crippen molar-refractivity contribution in [3.63, 3.8) is 0 Å². The number of rotatable bonds is 4. The van der Waals surface area contributed by atoms with Gasteiger partial charge >= 0.3 is 0 Å². The fourth-order valence-corrected chi connectivity index (χ4v) is 3.74. The van der Waals surface area contributed by atoms with Gasteiger partial charge in [-0.25, -0.2) is 0 Å². The lowest BCUT2D eigenvalue weighted by molar-refractivity contribution is -0.130. The van der Waals surface area contributed by atoms with Gasteiger partial charge in [-0.3, -0.25) is 9.48 Å². The van der Waals surface area contributed by atoms with E-state index in [1.54, 1.807) is 0 Å². The smallest absolute Gasteiger partial charge is 0.138 e. The lowest BCUT2D eigenvalue weighted by atomic mass is 9.73. The summed E-state index contributed by atoms with van der Waals surface area (Å²) in [5.41, 5.74) is 1.24. The number of hydrogen-bond acceptors (Lipinski definition) is 3. The molecule has 0 radical (unpaired) electrons. The first kappa shape index (κ1) is 14.8. The predicted octanol–water partition coefficient (Wildman–Crippen LogP) is 2.83. The van der Waals surface area contributed by atoms with Crippen LogP contribution < -0.4 is 0 Å². The van der Waals surface area contributed by atoms with Gasteiger partial charge in [-0.2, -0.15) is 5.10 Å². The SMILES string of the molecule is Cc1cnn(C2CCN([C@H]3C[C@H](C(=O)C(C)C)C3)CC2)c1. The lowest BCUT2D eigenvalue weighted by Crippen LogP contribution is -2.50. The topological polar surface area (TPSA) is 38.1 Å². The number of ketones is 1. The first-order valence-corrected chi connectivity index (χ1v) is 8.33. The van der Waals surface area contributed by atoms with Crippen molar-refractivity contribution in [1.29, 1.82) is 0 Å². The minimum absolute atomic E-state index is 0.199. The average molecular weight is 289 g/mol. The molecule has 3 rings (SSSR count). The molecule has 1 aromatic heterocycles. The summed E-state index contributed by atoms with van der Waals surface area (Å²) in [6.07, 6.45) is 8.63. The summed E-state index contributed by atoms with van der Waals surface area (Å²) < 4.78 is 2.14. The number of carbonyl (C=O) groups is 1. The van der Waals surface area contributed by atoms with Gasteiger partial charge < -0.3 is 4.90 Å². The molecule has 1 aliphatic heterocycles. The summed E-state index contributed by atoms with van der Waals surface area (Å²) in [7, 11) is 0. The van der Waals surface area contributed by atoms with E-state index >= 15 is 0 Å². The van der Waals surface area contributed by atoms with Crippen molar-refractivity contribution in [2.24, 2.45) is 11.8 Å². The van der Waals surface area contributed by atoms with Crippen LogP contribution in [0.5, 0.6) is 0 Å². The quantitative estimate of drug-likeness (QED) is 0.855. The zero-order valence-corrected chi connectivity index (χ0v) is 13.5. The van der Waals surface area contributed by atoms with Crippen LogP contribution in [0, 0.1) is 18.8 Å². The maximum Gasteiger partial charge on any atom is 0.138 e. The summed E-state index contributed by atoms with van der Waals surface area (Å²) in [5, 5.41) is 4.45. The Bertz CT molecular complexity index is 494. The van der Waals surface area contributed by atoms with Crippen molar-refractivity contribution < 1.29 is 4.79 Å². The molecule has 116 valence electrons. The molecule has 2 aliphatic rings. The van der Waals surface area contributed by atoms with Crippen LogP contribution in [-0.4, -0.2) is 39.6 Å². The van der Waals surface area contributed by atoms with Gasteiger partial charge in [0.05, 0.1) is 12.2 Å². The Morgan fingerprint density at radius 2 is 1.90 bits per heavy atom. The molecule has 1 saturated carbocycles. The molecule has 0 atom stereocenters. The van der Waals surface area contributed by atoms with E-state index in [-0.39, 0.29) is 5.92 Å². The summed E-state index contributed by atoms with van der Waals surface area (Å²) in [5.74, 6) is 0.999. The van der Waals surface area contributed by atoms with Crippen LogP contribution in [0.3, 0.4) is 0 Å². The Kier molecular flexibility index (Phi) is 4.16. The first-order valence-electron chi connectivity index (χ1n) is 8.33. The second-order valence-electron chi connectivity index (χ2n) is 7.14. The highest BCUT2D eigenvalue weighted by Gasteiger charge is 2.39. The Balaban J connectivity index is 1.46. The molecule has 21 heavy (non-hydrogen) atoms. The summed E-state index contributed by atoms with van der Waals surface area (Å²) >= 11 is 0. The lowest BCUT2D eigenvalue weighted by Gasteiger charge is -2.45. The van der Waals surface area contributed by atoms with Gasteiger partial charge in [-0.1, -0.05) is 13.8 Å². The van der Waals surface area contributed by atoms with Gasteiger partial charge in [0, 0.05) is 37.2 Å². The molecule has 1 aromatic rings. The summed E-state index contributed by atoms with van der Waals surface area (Å²) in [4.78, 5) is 14.6. The van der Waals surface area contributed by atoms with E-state index in [9.17, 15) is 4.79 Å². The molecule has 2 fully saturated rings. The van der Waals surface area contributed by atoms with Crippen LogP contribution >= 0.6 is 0 Å². The Labute approximate surface area is 127 Å². The molecule has 0 unspecified atom stereocenters. The molecule has 0 amide bonds. The highest BCUT2D eigenvalue weighted by Crippen LogP contribution is 2.36. The molecular weight excluding hydrogens is 262 g/mol. The summed E-state index contributed by atoms with van der Waals surface area (Å²) in [6, 6.07) is 1.21. The largest absolute Gasteiger partial charge is 0.300 e. The van der Waals surface area contributed by atoms with Crippen LogP contribution in [-0.2, 0) is 4.79 Å². The van der Waals surface area contributed by atoms with Gasteiger partial charge in [-0.05, 0) is 38.2 Å². The van der Waals surface area contributed by atoms with Gasteiger partial charge in [0.2, 0.25) is 0 Å². The van der Waals surface area contributed by atoms with Crippen molar-refractivity contribution in [3.05, 3.63) is 18.0 Å². The third-order valence-corrected chi connectivity index (χ3v) is 5.20. The van der Waals surface area contributed by atoms with Crippen molar-refractivity contribution in [1.82, 2.24) is 14.7 Å². The van der Waals surface area contributed by atoms with Crippen molar-refractivity contribution >= 4 is 5.78 Å². The van der Waals surface area contributed by atoms with Crippen molar-refractivity contribution in [3.8, 4) is 0 Å². The van der Waals surface area contributed by atoms with E-state index in [0.29, 0.717) is 23.8 Å². The molecule has 0 N–H and O–H groups in total. The minimum Gasteiger partial charge on any atom is -0.300 e. The van der Waals surface area contributed by atoms with Gasteiger partial charge in [0.25, 0.3) is 0 Å². The maximum atomic E-state index is 12.0. The van der Waals surface area contributed by atoms with E-state index in [1.165, 1.54) is 18.4 Å². The molecule has 0 bridgehead atoms. The number of nitrogens with zero attached hydrogens (tertiary/aromatic N) is 3. The average Bonchev–Trinajstić information content (AvgIpc) is 2.84. The maximum absolute atomic E-state index is 12.0. The number of piperidine rings is 1. The number of likely N-dealkylation sites (tertiary alicyclic amines) is 1. The molecule has 1 aliphatic carbocycles. The van der Waals surface area contributed by atoms with E-state index in [4.69, 9.17) is 0 Å². The van der Waals surface area contributed by atoms with Crippen LogP contribution in [0.15, 0.2) is 12.4 Å². The number of Topliss-reactive ketones (excluding diaryl/α,β-unsaturated/α-hetero) is 1. The highest BCUT2D eigenvalue weighted by atomic mass is 16.1. The number of carbonyl (C=O) groups excluding carboxylic acids is 1. The van der Waals surface area contributed by atoms with E-state index in [1.807, 2.05) is 20.0 Å². The number of aryl methyl sites for hydroxylation is 1. The molecule has 2 heterocycles. The molecule has 4 heteroatoms. The van der Waals surface area contributed by atoms with Gasteiger partial charge in [0.1, 0.15) is 5.78 Å². The predicted molar refractivity (Wildman–Crippen MR) is 83.2 cm³/mol.